The molecule has 5 heteroatoms. The maximum atomic E-state index is 12.3. The molecule has 2 aromatic rings. The molecule has 1 saturated carbocycles. The Balaban J connectivity index is 1.25. The van der Waals surface area contributed by atoms with Gasteiger partial charge in [0.25, 0.3) is 0 Å². The third-order valence-corrected chi connectivity index (χ3v) is 6.00. The Bertz CT molecular complexity index is 792. The molecule has 2 fully saturated rings. The number of halogens is 3. The van der Waals surface area contributed by atoms with Crippen LogP contribution < -0.4 is 4.74 Å². The lowest BCUT2D eigenvalue weighted by Gasteiger charge is -2.20. The van der Waals surface area contributed by atoms with E-state index in [0.29, 0.717) is 5.92 Å². The molecule has 4 rings (SSSR count). The summed E-state index contributed by atoms with van der Waals surface area (Å²) in [5.74, 6) is 2.10. The number of nitrogens with zero attached hydrogens (tertiary/aromatic N) is 1. The number of piperidine rings is 1. The Labute approximate surface area is 157 Å². The summed E-state index contributed by atoms with van der Waals surface area (Å²) in [7, 11) is 0. The number of rotatable bonds is 6. The normalized spacial score (nSPS) is 24.7. The van der Waals surface area contributed by atoms with Gasteiger partial charge < -0.3 is 4.74 Å². The molecule has 2 aromatic carbocycles. The monoisotopic (exact) mass is 375 g/mol. The average molecular weight is 375 g/mol. The molecule has 2 aliphatic rings. The Morgan fingerprint density at radius 2 is 1.78 bits per heavy atom. The van der Waals surface area contributed by atoms with Crippen LogP contribution in [0.4, 0.5) is 13.2 Å². The minimum absolute atomic E-state index is 0.125. The fraction of sp³-hybridized carbons (Fsp3) is 0.455. The second-order valence-corrected chi connectivity index (χ2v) is 7.85. The zero-order valence-corrected chi connectivity index (χ0v) is 15.4. The highest BCUT2D eigenvalue weighted by molar-refractivity contribution is 5.29. The predicted octanol–water partition coefficient (Wildman–Crippen LogP) is 5.20. The van der Waals surface area contributed by atoms with Crippen LogP contribution in [0.2, 0.25) is 0 Å². The van der Waals surface area contributed by atoms with Crippen molar-refractivity contribution in [2.75, 3.05) is 13.1 Å². The van der Waals surface area contributed by atoms with E-state index in [1.54, 1.807) is 6.07 Å². The van der Waals surface area contributed by atoms with Gasteiger partial charge >= 0.3 is 6.36 Å². The number of alkyl halides is 3. The van der Waals surface area contributed by atoms with Crippen LogP contribution in [0.15, 0.2) is 48.5 Å². The smallest absolute Gasteiger partial charge is 0.406 e. The molecule has 0 radical (unpaired) electrons. The molecule has 0 N–H and O–H groups in total. The van der Waals surface area contributed by atoms with E-state index in [2.05, 4.69) is 40.8 Å². The number of ether oxygens (including phenoxy) is 1. The van der Waals surface area contributed by atoms with Crippen molar-refractivity contribution in [1.29, 1.82) is 0 Å². The van der Waals surface area contributed by atoms with Crippen LogP contribution in [0, 0.1) is 24.7 Å². The van der Waals surface area contributed by atoms with E-state index in [1.807, 2.05) is 6.07 Å². The Morgan fingerprint density at radius 3 is 2.48 bits per heavy atom. The molecule has 0 amide bonds. The van der Waals surface area contributed by atoms with Gasteiger partial charge in [-0.05, 0) is 66.3 Å². The average Bonchev–Trinajstić information content (AvgIpc) is 3.05. The van der Waals surface area contributed by atoms with Crippen molar-refractivity contribution >= 4 is 0 Å². The van der Waals surface area contributed by atoms with Crippen molar-refractivity contribution in [2.45, 2.75) is 32.7 Å². The molecule has 0 spiro atoms. The van der Waals surface area contributed by atoms with Crippen molar-refractivity contribution in [1.82, 2.24) is 4.90 Å². The van der Waals surface area contributed by atoms with Gasteiger partial charge in [-0.2, -0.15) is 0 Å². The first-order valence-electron chi connectivity index (χ1n) is 9.50. The topological polar surface area (TPSA) is 12.5 Å². The van der Waals surface area contributed by atoms with Crippen molar-refractivity contribution in [3.05, 3.63) is 65.2 Å². The zero-order valence-electron chi connectivity index (χ0n) is 15.4. The number of benzene rings is 2. The Hall–Kier alpha value is -2.01. The highest BCUT2D eigenvalue weighted by Crippen LogP contribution is 2.54. The highest BCUT2D eigenvalue weighted by atomic mass is 19.4. The number of hydrogen-bond acceptors (Lipinski definition) is 2. The first-order chi connectivity index (χ1) is 12.9. The van der Waals surface area contributed by atoms with Crippen LogP contribution in [0.3, 0.4) is 0 Å². The third-order valence-electron chi connectivity index (χ3n) is 6.00. The van der Waals surface area contributed by atoms with E-state index in [9.17, 15) is 13.2 Å². The van der Waals surface area contributed by atoms with Crippen LogP contribution >= 0.6 is 0 Å². The molecule has 0 aromatic heterocycles. The minimum Gasteiger partial charge on any atom is -0.406 e. The van der Waals surface area contributed by atoms with E-state index < -0.39 is 6.36 Å². The van der Waals surface area contributed by atoms with Crippen LogP contribution in [0.5, 0.6) is 5.75 Å². The summed E-state index contributed by atoms with van der Waals surface area (Å²) in [5.41, 5.74) is 3.66. The molecular formula is C22H24F3NO. The summed E-state index contributed by atoms with van der Waals surface area (Å²) in [6.07, 6.45) is -2.78. The summed E-state index contributed by atoms with van der Waals surface area (Å²) in [6.45, 7) is 5.45. The van der Waals surface area contributed by atoms with Gasteiger partial charge in [0.1, 0.15) is 5.75 Å². The van der Waals surface area contributed by atoms with Crippen LogP contribution in [-0.4, -0.2) is 24.4 Å². The van der Waals surface area contributed by atoms with Gasteiger partial charge in [-0.15, -0.1) is 13.2 Å². The molecule has 1 aliphatic heterocycles. The molecule has 1 aliphatic carbocycles. The first kappa shape index (κ1) is 18.4. The predicted molar refractivity (Wildman–Crippen MR) is 98.4 cm³/mol. The van der Waals surface area contributed by atoms with Gasteiger partial charge in [0.2, 0.25) is 0 Å². The molecule has 2 atom stereocenters. The fourth-order valence-electron chi connectivity index (χ4n) is 4.55. The van der Waals surface area contributed by atoms with Gasteiger partial charge in [0.05, 0.1) is 0 Å². The van der Waals surface area contributed by atoms with Gasteiger partial charge in [-0.1, -0.05) is 36.4 Å². The van der Waals surface area contributed by atoms with Crippen molar-refractivity contribution in [2.24, 2.45) is 17.8 Å². The Morgan fingerprint density at radius 1 is 1.04 bits per heavy atom. The lowest BCUT2D eigenvalue weighted by molar-refractivity contribution is -0.274. The maximum Gasteiger partial charge on any atom is 0.573 e. The summed E-state index contributed by atoms with van der Waals surface area (Å²) >= 11 is 0. The zero-order chi connectivity index (χ0) is 19.0. The standard InChI is InChI=1S/C22H24F3NO/c1-15-5-2-3-7-17(15)12-26-13-20-19(21(20)14-26)10-9-16-6-4-8-18(11-16)27-22(23,24)25/h2-8,11,19-21H,9-10,12-14H2,1H3. The first-order valence-corrected chi connectivity index (χ1v) is 9.50. The van der Waals surface area contributed by atoms with Crippen molar-refractivity contribution < 1.29 is 17.9 Å². The molecular weight excluding hydrogens is 351 g/mol. The number of hydrogen-bond donors (Lipinski definition) is 0. The van der Waals surface area contributed by atoms with Crippen LogP contribution in [0.25, 0.3) is 0 Å². The molecule has 0 bridgehead atoms. The van der Waals surface area contributed by atoms with E-state index >= 15 is 0 Å². The number of aryl methyl sites for hydroxylation is 2. The largest absolute Gasteiger partial charge is 0.573 e. The van der Waals surface area contributed by atoms with E-state index in [-0.39, 0.29) is 5.75 Å². The molecule has 2 nitrogen and oxygen atoms in total. The third kappa shape index (κ3) is 4.46. The summed E-state index contributed by atoms with van der Waals surface area (Å²) < 4.78 is 41.0. The molecule has 144 valence electrons. The second-order valence-electron chi connectivity index (χ2n) is 7.85. The van der Waals surface area contributed by atoms with Gasteiger partial charge in [0, 0.05) is 19.6 Å². The maximum absolute atomic E-state index is 12.3. The fourth-order valence-corrected chi connectivity index (χ4v) is 4.55. The van der Waals surface area contributed by atoms with E-state index in [4.69, 9.17) is 0 Å². The van der Waals surface area contributed by atoms with Crippen molar-refractivity contribution in [3.8, 4) is 5.75 Å². The van der Waals surface area contributed by atoms with E-state index in [1.165, 1.54) is 23.3 Å². The number of likely N-dealkylation sites (tertiary alicyclic amines) is 1. The Kier molecular flexibility index (Phi) is 4.89. The quantitative estimate of drug-likeness (QED) is 0.688. The lowest BCUT2D eigenvalue weighted by atomic mass is 10.0. The van der Waals surface area contributed by atoms with Gasteiger partial charge in [0.15, 0.2) is 0 Å². The van der Waals surface area contributed by atoms with Gasteiger partial charge in [-0.3, -0.25) is 4.90 Å². The molecule has 1 saturated heterocycles. The second kappa shape index (κ2) is 7.19. The number of fused-ring (bicyclic) bond motifs is 1. The SMILES string of the molecule is Cc1ccccc1CN1CC2C(CCc3cccc(OC(F)(F)F)c3)C2C1. The minimum atomic E-state index is -4.63. The molecule has 2 unspecified atom stereocenters. The molecule has 1 heterocycles. The summed E-state index contributed by atoms with van der Waals surface area (Å²) in [4.78, 5) is 2.53. The van der Waals surface area contributed by atoms with Crippen molar-refractivity contribution in [3.63, 3.8) is 0 Å². The lowest BCUT2D eigenvalue weighted by Crippen LogP contribution is -2.24. The van der Waals surface area contributed by atoms with Crippen LogP contribution in [0.1, 0.15) is 23.1 Å². The van der Waals surface area contributed by atoms with E-state index in [0.717, 1.165) is 49.9 Å². The summed E-state index contributed by atoms with van der Waals surface area (Å²) in [5, 5.41) is 0. The molecule has 27 heavy (non-hydrogen) atoms. The summed E-state index contributed by atoms with van der Waals surface area (Å²) in [6, 6.07) is 14.9. The highest BCUT2D eigenvalue weighted by Gasteiger charge is 2.54. The van der Waals surface area contributed by atoms with Crippen LogP contribution in [-0.2, 0) is 13.0 Å². The van der Waals surface area contributed by atoms with Gasteiger partial charge in [-0.25, -0.2) is 0 Å².